The first kappa shape index (κ1) is 103. The molecule has 1 aliphatic heterocycles. The van der Waals surface area contributed by atoms with E-state index >= 15 is 9.59 Å². The van der Waals surface area contributed by atoms with Crippen LogP contribution in [-0.2, 0) is 70.3 Å². The number of hydrogen-bond acceptors (Lipinski definition) is 14. The number of ether oxygens (including phenoxy) is 8. The molecule has 1 heterocycles. The number of unbranched alkanes of at least 4 members (excludes halogenated alkanes) is 45. The molecule has 2 amide bonds. The van der Waals surface area contributed by atoms with E-state index in [-0.39, 0.29) is 63.2 Å². The maximum absolute atomic E-state index is 15.3. The minimum atomic E-state index is -1.63. The van der Waals surface area contributed by atoms with E-state index in [0.29, 0.717) is 39.1 Å². The molecule has 1 saturated heterocycles. The molecular weight excluding hydrogens is 1420 g/mol. The SMILES string of the molecule is CCCCCCCCCCC[C@H](CC(=O)N[C@@H]1[C@@H](OC(=O)C[C@@H](CCCCCCCCCCC)OCCCCCCCCCC)[C@H](O)[C@@H](COC(=O)OCc2ccccc2)O[C@H]1CC[C@H](NC(=O)C[C@@H](CCCCCCCCCCC)OCCCCCCCCCC)C(=O)OCc1ccccc1)OCCCCCCCCCC. The van der Waals surface area contributed by atoms with E-state index in [4.69, 9.17) is 37.9 Å². The van der Waals surface area contributed by atoms with Crippen molar-refractivity contribution in [2.75, 3.05) is 26.4 Å². The largest absolute Gasteiger partial charge is 0.508 e. The Kier molecular flexibility index (Phi) is 66.9. The van der Waals surface area contributed by atoms with Gasteiger partial charge in [-0.1, -0.05) is 410 Å². The third-order valence-electron chi connectivity index (χ3n) is 22.7. The molecule has 1 aliphatic rings. The maximum atomic E-state index is 15.3. The Morgan fingerprint density at radius 2 is 0.699 bits per heavy atom. The van der Waals surface area contributed by atoms with E-state index in [1.54, 1.807) is 0 Å². The normalized spacial score (nSPS) is 16.6. The Morgan fingerprint density at radius 3 is 1.07 bits per heavy atom. The molecule has 0 spiro atoms. The number of hydrogen-bond donors (Lipinski definition) is 3. The van der Waals surface area contributed by atoms with Crippen LogP contribution in [0.1, 0.15) is 431 Å². The molecule has 2 aromatic rings. The fourth-order valence-electron chi connectivity index (χ4n) is 15.6. The molecular formula is C97H170N2O14. The van der Waals surface area contributed by atoms with Crippen LogP contribution in [0.5, 0.6) is 0 Å². The quantitative estimate of drug-likeness (QED) is 0.0320. The van der Waals surface area contributed by atoms with Gasteiger partial charge in [0, 0.05) is 19.8 Å². The Morgan fingerprint density at radius 1 is 0.372 bits per heavy atom. The number of amides is 2. The van der Waals surface area contributed by atoms with Crippen LogP contribution in [0, 0.1) is 0 Å². The summed E-state index contributed by atoms with van der Waals surface area (Å²) in [6.07, 6.45) is 53.4. The summed E-state index contributed by atoms with van der Waals surface area (Å²) in [5, 5.41) is 19.2. The average Bonchev–Trinajstić information content (AvgIpc) is 0.790. The molecule has 113 heavy (non-hydrogen) atoms. The van der Waals surface area contributed by atoms with Crippen LogP contribution in [0.15, 0.2) is 60.7 Å². The molecule has 652 valence electrons. The van der Waals surface area contributed by atoms with Gasteiger partial charge in [-0.2, -0.15) is 0 Å². The zero-order chi connectivity index (χ0) is 81.3. The summed E-state index contributed by atoms with van der Waals surface area (Å²) in [4.78, 5) is 73.5. The molecule has 16 heteroatoms. The van der Waals surface area contributed by atoms with Crippen molar-refractivity contribution in [2.24, 2.45) is 0 Å². The van der Waals surface area contributed by atoms with Gasteiger partial charge in [0.2, 0.25) is 11.8 Å². The zero-order valence-corrected chi connectivity index (χ0v) is 73.2. The monoisotopic (exact) mass is 1590 g/mol. The van der Waals surface area contributed by atoms with Crippen molar-refractivity contribution in [3.05, 3.63) is 71.8 Å². The Hall–Kier alpha value is -4.61. The number of nitrogens with one attached hydrogen (secondary N) is 2. The third kappa shape index (κ3) is 56.4. The first-order valence-corrected chi connectivity index (χ1v) is 47.4. The highest BCUT2D eigenvalue weighted by atomic mass is 16.7. The van der Waals surface area contributed by atoms with Crippen LogP contribution in [0.2, 0.25) is 0 Å². The van der Waals surface area contributed by atoms with E-state index in [1.165, 1.54) is 212 Å². The Bertz CT molecular complexity index is 2440. The summed E-state index contributed by atoms with van der Waals surface area (Å²) in [6.45, 7) is 14.4. The fraction of sp³-hybridized carbons (Fsp3) is 0.825. The second-order valence-electron chi connectivity index (χ2n) is 33.2. The lowest BCUT2D eigenvalue weighted by molar-refractivity contribution is -0.214. The second-order valence-corrected chi connectivity index (χ2v) is 33.2. The van der Waals surface area contributed by atoms with Crippen molar-refractivity contribution in [3.8, 4) is 0 Å². The predicted molar refractivity (Wildman–Crippen MR) is 463 cm³/mol. The molecule has 3 rings (SSSR count). The number of carbonyl (C=O) groups is 5. The molecule has 3 N–H and O–H groups in total. The van der Waals surface area contributed by atoms with Crippen LogP contribution in [0.4, 0.5) is 4.79 Å². The Labute approximate surface area is 690 Å². The highest BCUT2D eigenvalue weighted by Crippen LogP contribution is 2.31. The molecule has 0 radical (unpaired) electrons. The summed E-state index contributed by atoms with van der Waals surface area (Å²) in [5.41, 5.74) is 1.52. The number of benzene rings is 2. The van der Waals surface area contributed by atoms with Crippen LogP contribution < -0.4 is 10.6 Å². The molecule has 0 aromatic heterocycles. The van der Waals surface area contributed by atoms with Gasteiger partial charge in [-0.05, 0) is 62.5 Å². The number of rotatable bonds is 79. The number of aliphatic hydroxyl groups excluding tert-OH is 1. The van der Waals surface area contributed by atoms with Crippen molar-refractivity contribution in [1.29, 1.82) is 0 Å². The minimum absolute atomic E-state index is 0.00698. The van der Waals surface area contributed by atoms with E-state index in [2.05, 4.69) is 52.2 Å². The van der Waals surface area contributed by atoms with Gasteiger partial charge in [0.1, 0.15) is 38.1 Å². The van der Waals surface area contributed by atoms with Gasteiger partial charge in [0.05, 0.1) is 49.7 Å². The van der Waals surface area contributed by atoms with Crippen molar-refractivity contribution < 1.29 is 67.0 Å². The van der Waals surface area contributed by atoms with Gasteiger partial charge in [-0.25, -0.2) is 9.59 Å². The van der Waals surface area contributed by atoms with Crippen LogP contribution >= 0.6 is 0 Å². The van der Waals surface area contributed by atoms with E-state index < -0.39 is 73.4 Å². The first-order chi connectivity index (χ1) is 55.4. The van der Waals surface area contributed by atoms with Crippen LogP contribution in [0.3, 0.4) is 0 Å². The summed E-state index contributed by atoms with van der Waals surface area (Å²) >= 11 is 0. The topological polar surface area (TPSA) is 203 Å². The summed E-state index contributed by atoms with van der Waals surface area (Å²) < 4.78 is 50.9. The van der Waals surface area contributed by atoms with E-state index in [1.807, 2.05) is 60.7 Å². The molecule has 0 bridgehead atoms. The number of carbonyl (C=O) groups excluding carboxylic acids is 5. The number of esters is 2. The smallest absolute Gasteiger partial charge is 0.459 e. The third-order valence-corrected chi connectivity index (χ3v) is 22.7. The predicted octanol–water partition coefficient (Wildman–Crippen LogP) is 25.4. The van der Waals surface area contributed by atoms with Gasteiger partial charge < -0.3 is 53.6 Å². The zero-order valence-electron chi connectivity index (χ0n) is 73.2. The standard InChI is InChI=1S/C97H170N2O14/c1-7-13-19-25-31-37-40-46-58-68-84(106-73-61-49-43-34-28-22-16-10-4)76-90(100)98-87(96(104)109-79-82-64-54-52-55-65-82)71-72-88-93(99-91(101)77-85(69-59-47-41-38-32-26-20-14-8-2)107-74-62-50-44-35-29-23-17-11-5)95(94(103)89(112-88)81-111-97(105)110-80-83-66-56-53-57-67-83)113-92(102)78-86(70-60-48-42-39-33-27-21-15-9-3)108-75-63-51-45-36-30-24-18-12-6/h52-57,64-67,84-89,93-95,103H,7-51,58-63,68-81H2,1-6H3,(H,98,100)(H,99,101)/t84-,85-,86-,87+,88+,89-,93+,94-,95-/m1/s1. The molecule has 9 atom stereocenters. The molecule has 1 fully saturated rings. The minimum Gasteiger partial charge on any atom is -0.459 e. The van der Waals surface area contributed by atoms with E-state index in [0.717, 1.165) is 127 Å². The number of aliphatic hydroxyl groups is 1. The van der Waals surface area contributed by atoms with Gasteiger partial charge in [0.25, 0.3) is 0 Å². The lowest BCUT2D eigenvalue weighted by Crippen LogP contribution is -2.65. The highest BCUT2D eigenvalue weighted by molar-refractivity contribution is 5.84. The molecule has 2 aromatic carbocycles. The summed E-state index contributed by atoms with van der Waals surface area (Å²) in [6, 6.07) is 16.3. The molecule has 0 unspecified atom stereocenters. The van der Waals surface area contributed by atoms with Crippen molar-refractivity contribution in [3.63, 3.8) is 0 Å². The van der Waals surface area contributed by atoms with Gasteiger partial charge in [0.15, 0.2) is 6.10 Å². The summed E-state index contributed by atoms with van der Waals surface area (Å²) in [7, 11) is 0. The molecule has 16 nitrogen and oxygen atoms in total. The summed E-state index contributed by atoms with van der Waals surface area (Å²) in [5.74, 6) is -1.99. The van der Waals surface area contributed by atoms with E-state index in [9.17, 15) is 19.5 Å². The Balaban J connectivity index is 2.13. The highest BCUT2D eigenvalue weighted by Gasteiger charge is 2.49. The lowest BCUT2D eigenvalue weighted by Gasteiger charge is -2.45. The van der Waals surface area contributed by atoms with Crippen molar-refractivity contribution in [2.45, 2.75) is 488 Å². The van der Waals surface area contributed by atoms with Gasteiger partial charge in [-0.15, -0.1) is 0 Å². The first-order valence-electron chi connectivity index (χ1n) is 47.4. The average molecular weight is 1590 g/mol. The maximum Gasteiger partial charge on any atom is 0.508 e. The van der Waals surface area contributed by atoms with Crippen molar-refractivity contribution >= 4 is 29.9 Å². The van der Waals surface area contributed by atoms with Crippen molar-refractivity contribution in [1.82, 2.24) is 10.6 Å². The fourth-order valence-corrected chi connectivity index (χ4v) is 15.6. The van der Waals surface area contributed by atoms with Gasteiger partial charge in [-0.3, -0.25) is 14.4 Å². The van der Waals surface area contributed by atoms with Crippen LogP contribution in [0.25, 0.3) is 0 Å². The lowest BCUT2D eigenvalue weighted by atomic mass is 9.89. The molecule has 0 saturated carbocycles. The van der Waals surface area contributed by atoms with Crippen LogP contribution in [-0.4, -0.2) is 116 Å². The second kappa shape index (κ2) is 73.7. The molecule has 0 aliphatic carbocycles. The van der Waals surface area contributed by atoms with Gasteiger partial charge >= 0.3 is 18.1 Å².